The number of rotatable bonds is 17. The number of imidazole rings is 1. The topological polar surface area (TPSA) is 235 Å². The lowest BCUT2D eigenvalue weighted by atomic mass is 9.76. The largest absolute Gasteiger partial charge is 0.458 e. The van der Waals surface area contributed by atoms with Crippen molar-refractivity contribution in [2.45, 2.75) is 187 Å². The van der Waals surface area contributed by atoms with Crippen molar-refractivity contribution in [2.24, 2.45) is 17.8 Å². The van der Waals surface area contributed by atoms with Crippen LogP contribution in [0.2, 0.25) is 0 Å². The van der Waals surface area contributed by atoms with E-state index in [0.29, 0.717) is 58.4 Å². The molecule has 22 nitrogen and oxygen atoms in total. The normalized spacial score (nSPS) is 31.0. The molecule has 12 atom stereocenters. The average Bonchev–Trinajstić information content (AvgIpc) is 4.14. The number of aliphatic hydroxyl groups is 1. The van der Waals surface area contributed by atoms with Gasteiger partial charge in [0.15, 0.2) is 17.7 Å². The van der Waals surface area contributed by atoms with Crippen LogP contribution in [0.4, 0.5) is 9.59 Å². The van der Waals surface area contributed by atoms with Crippen LogP contribution in [0.5, 0.6) is 0 Å². The van der Waals surface area contributed by atoms with Gasteiger partial charge in [0.2, 0.25) is 0 Å². The lowest BCUT2D eigenvalue weighted by Gasteiger charge is -2.47. The van der Waals surface area contributed by atoms with Crippen molar-refractivity contribution in [1.82, 2.24) is 49.1 Å². The molecule has 3 aromatic heterocycles. The van der Waals surface area contributed by atoms with Gasteiger partial charge in [-0.15, -0.1) is 5.10 Å². The van der Waals surface area contributed by atoms with E-state index in [2.05, 4.69) is 30.1 Å². The molecule has 2 amide bonds. The SMILES string of the molecule is CC[C@H]1OC(=O)[C@H](C)C(=O)[C@H](C)[C@@H](O[C@@H]2O[C@H](C)C[C@H](N(C)CCc3cn(CCN4CCN(C(=O)OC(C)(C)C)CC4)nn3)[C@H]2O)[C@](C)(OC)C[C@@H](C)C(=O)C[C@H]2N(CCCCn3cnc(-c4ccncc4)c3)C(=O)O[C@]12C. The summed E-state index contributed by atoms with van der Waals surface area (Å²) in [5.74, 6) is -4.41. The van der Waals surface area contributed by atoms with E-state index in [1.54, 1.807) is 56.2 Å². The number of aromatic nitrogens is 6. The zero-order valence-electron chi connectivity index (χ0n) is 48.0. The zero-order chi connectivity index (χ0) is 56.7. The number of hydrogen-bond acceptors (Lipinski definition) is 18. The van der Waals surface area contributed by atoms with E-state index >= 15 is 0 Å². The Morgan fingerprint density at radius 1 is 0.962 bits per heavy atom. The fourth-order valence-corrected chi connectivity index (χ4v) is 11.5. The maximum Gasteiger partial charge on any atom is 0.410 e. The summed E-state index contributed by atoms with van der Waals surface area (Å²) in [7, 11) is 3.42. The third kappa shape index (κ3) is 14.5. The molecule has 7 rings (SSSR count). The minimum absolute atomic E-state index is 0.0911. The smallest absolute Gasteiger partial charge is 0.410 e. The summed E-state index contributed by atoms with van der Waals surface area (Å²) in [5.41, 5.74) is -0.697. The summed E-state index contributed by atoms with van der Waals surface area (Å²) in [6, 6.07) is 2.58. The number of esters is 1. The van der Waals surface area contributed by atoms with Crippen LogP contribution in [0.15, 0.2) is 43.2 Å². The molecule has 4 fully saturated rings. The first-order valence-corrected chi connectivity index (χ1v) is 28.0. The number of ether oxygens (including phenoxy) is 6. The van der Waals surface area contributed by atoms with Gasteiger partial charge >= 0.3 is 18.2 Å². The summed E-state index contributed by atoms with van der Waals surface area (Å²) in [6.45, 7) is 23.3. The summed E-state index contributed by atoms with van der Waals surface area (Å²) < 4.78 is 41.1. The van der Waals surface area contributed by atoms with Crippen molar-refractivity contribution >= 4 is 29.7 Å². The number of aryl methyl sites for hydroxylation is 1. The predicted molar refractivity (Wildman–Crippen MR) is 287 cm³/mol. The van der Waals surface area contributed by atoms with Crippen molar-refractivity contribution in [3.05, 3.63) is 48.9 Å². The Kier molecular flexibility index (Phi) is 19.9. The van der Waals surface area contributed by atoms with E-state index in [4.69, 9.17) is 28.4 Å². The van der Waals surface area contributed by atoms with Crippen LogP contribution in [0.1, 0.15) is 113 Å². The van der Waals surface area contributed by atoms with Crippen LogP contribution in [0.3, 0.4) is 0 Å². The van der Waals surface area contributed by atoms with Crippen molar-refractivity contribution in [1.29, 1.82) is 0 Å². The van der Waals surface area contributed by atoms with Gasteiger partial charge in [0, 0.05) is 121 Å². The highest BCUT2D eigenvalue weighted by Gasteiger charge is 2.58. The van der Waals surface area contributed by atoms with Crippen LogP contribution >= 0.6 is 0 Å². The van der Waals surface area contributed by atoms with Crippen LogP contribution in [-0.2, 0) is 62.3 Å². The predicted octanol–water partition coefficient (Wildman–Crippen LogP) is 5.44. The highest BCUT2D eigenvalue weighted by atomic mass is 16.7. The van der Waals surface area contributed by atoms with Crippen molar-refractivity contribution < 1.29 is 57.5 Å². The molecular formula is C56H86N10O12. The van der Waals surface area contributed by atoms with Gasteiger partial charge in [0.1, 0.15) is 29.5 Å². The number of carbonyl (C=O) groups excluding carboxylic acids is 5. The van der Waals surface area contributed by atoms with Crippen molar-refractivity contribution in [3.63, 3.8) is 0 Å². The van der Waals surface area contributed by atoms with Crippen LogP contribution in [0, 0.1) is 17.8 Å². The Balaban J connectivity index is 1.00. The van der Waals surface area contributed by atoms with Gasteiger partial charge in [-0.25, -0.2) is 14.6 Å². The summed E-state index contributed by atoms with van der Waals surface area (Å²) in [6.07, 6.45) is 5.96. The maximum absolute atomic E-state index is 14.7. The molecule has 0 aromatic carbocycles. The average molecular weight is 1090 g/mol. The Morgan fingerprint density at radius 3 is 2.35 bits per heavy atom. The monoisotopic (exact) mass is 1090 g/mol. The Hall–Kier alpha value is -5.39. The van der Waals surface area contributed by atoms with E-state index in [0.717, 1.165) is 36.6 Å². The van der Waals surface area contributed by atoms with Gasteiger partial charge in [-0.1, -0.05) is 26.0 Å². The number of methoxy groups -OCH3 is 1. The Morgan fingerprint density at radius 2 is 1.67 bits per heavy atom. The second-order valence-corrected chi connectivity index (χ2v) is 23.4. The minimum atomic E-state index is -1.41. The fourth-order valence-electron chi connectivity index (χ4n) is 11.5. The first-order valence-electron chi connectivity index (χ1n) is 28.0. The van der Waals surface area contributed by atoms with Gasteiger partial charge in [-0.3, -0.25) is 28.9 Å². The standard InChI is InChI=1S/C56H86N10O12/c1-13-46-56(10)45(66(53(72)78-56)22-15-14-21-63-34-42(58-35-63)40-16-19-57-20-17-40)31-44(67)36(2)32-55(9,73-12)49(38(4)47(68)39(5)50(70)75-46)76-51-48(69)43(30-37(3)74-51)61(11)23-18-41-33-65(60-59-41)29-26-62-24-27-64(28-25-62)52(71)77-54(6,7)8/h16-17,19-20,33-39,43,45-46,48-49,51,69H,13-15,18,21-32H2,1-12H3/t36-,37-,38+,39-,43+,45-,46-,48-,49-,51+,55-,56+/m1/s1. The van der Waals surface area contributed by atoms with Crippen molar-refractivity contribution in [2.75, 3.05) is 60.0 Å². The summed E-state index contributed by atoms with van der Waals surface area (Å²) >= 11 is 0. The lowest BCUT2D eigenvalue weighted by Crippen LogP contribution is -2.60. The van der Waals surface area contributed by atoms with Gasteiger partial charge in [0.05, 0.1) is 48.1 Å². The molecule has 4 aliphatic heterocycles. The highest BCUT2D eigenvalue weighted by molar-refractivity contribution is 6.00. The van der Waals surface area contributed by atoms with Gasteiger partial charge in [-0.05, 0) is 99.8 Å². The molecule has 1 N–H and O–H groups in total. The van der Waals surface area contributed by atoms with E-state index < -0.39 is 89.1 Å². The molecule has 432 valence electrons. The molecule has 4 saturated heterocycles. The first kappa shape index (κ1) is 60.3. The molecule has 0 aliphatic carbocycles. The minimum Gasteiger partial charge on any atom is -0.458 e. The molecule has 78 heavy (non-hydrogen) atoms. The molecule has 0 radical (unpaired) electrons. The Bertz CT molecular complexity index is 2500. The number of pyridine rings is 1. The second kappa shape index (κ2) is 25.8. The number of aliphatic hydroxyl groups excluding tert-OH is 1. The number of cyclic esters (lactones) is 1. The number of hydrogen-bond donors (Lipinski definition) is 1. The number of amides is 2. The van der Waals surface area contributed by atoms with E-state index in [-0.39, 0.29) is 43.8 Å². The lowest BCUT2D eigenvalue weighted by molar-refractivity contribution is -0.296. The van der Waals surface area contributed by atoms with E-state index in [1.165, 1.54) is 14.0 Å². The number of likely N-dealkylation sites (N-methyl/N-ethyl adjacent to an activating group) is 1. The number of unbranched alkanes of at least 4 members (excludes halogenated alkanes) is 1. The highest BCUT2D eigenvalue weighted by Crippen LogP contribution is 2.41. The zero-order valence-corrected chi connectivity index (χ0v) is 48.0. The summed E-state index contributed by atoms with van der Waals surface area (Å²) in [4.78, 5) is 86.2. The Labute approximate surface area is 459 Å². The first-order chi connectivity index (χ1) is 36.9. The number of nitrogens with zero attached hydrogens (tertiary/aromatic N) is 10. The third-order valence-corrected chi connectivity index (χ3v) is 16.4. The quantitative estimate of drug-likeness (QED) is 0.0767. The maximum atomic E-state index is 14.7. The van der Waals surface area contributed by atoms with Crippen LogP contribution in [-0.4, -0.2) is 204 Å². The van der Waals surface area contributed by atoms with Gasteiger partial charge < -0.3 is 52.8 Å². The number of Topliss-reactive ketones (excluding diaryl/α,β-unsaturated/α-hetero) is 2. The molecular weight excluding hydrogens is 1000 g/mol. The van der Waals surface area contributed by atoms with E-state index in [9.17, 15) is 29.1 Å². The third-order valence-electron chi connectivity index (χ3n) is 16.4. The molecule has 0 spiro atoms. The number of fused-ring (bicyclic) bond motifs is 1. The van der Waals surface area contributed by atoms with Gasteiger partial charge in [-0.2, -0.15) is 0 Å². The molecule has 7 heterocycles. The molecule has 0 bridgehead atoms. The van der Waals surface area contributed by atoms with Gasteiger partial charge in [0.25, 0.3) is 0 Å². The number of piperazine rings is 1. The molecule has 3 aromatic rings. The van der Waals surface area contributed by atoms with Crippen LogP contribution < -0.4 is 0 Å². The van der Waals surface area contributed by atoms with Crippen LogP contribution in [0.25, 0.3) is 11.3 Å². The molecule has 0 saturated carbocycles. The molecule has 0 unspecified atom stereocenters. The molecule has 22 heteroatoms. The van der Waals surface area contributed by atoms with E-state index in [1.807, 2.05) is 75.4 Å². The fraction of sp³-hybridized carbons (Fsp3) is 0.732. The summed E-state index contributed by atoms with van der Waals surface area (Å²) in [5, 5.41) is 20.9. The number of ketones is 2. The number of carbonyl (C=O) groups is 5. The van der Waals surface area contributed by atoms with Crippen molar-refractivity contribution in [3.8, 4) is 11.3 Å². The molecule has 4 aliphatic rings. The second-order valence-electron chi connectivity index (χ2n) is 23.4.